The minimum Gasteiger partial charge on any atom is -0.481 e. The number of carboxylic acids is 1. The van der Waals surface area contributed by atoms with Gasteiger partial charge in [0.25, 0.3) is 0 Å². The maximum Gasteiger partial charge on any atom is 0.328 e. The zero-order valence-electron chi connectivity index (χ0n) is 8.81. The van der Waals surface area contributed by atoms with E-state index in [1.807, 2.05) is 0 Å². The van der Waals surface area contributed by atoms with E-state index in [1.165, 1.54) is 19.5 Å². The number of aromatic nitrogens is 2. The molecule has 1 aromatic heterocycles. The maximum absolute atomic E-state index is 10.8. The van der Waals surface area contributed by atoms with Gasteiger partial charge in [0.15, 0.2) is 0 Å². The molecule has 6 heteroatoms. The fourth-order valence-corrected chi connectivity index (χ4v) is 0.893. The second-order valence-electron chi connectivity index (χ2n) is 3.50. The highest BCUT2D eigenvalue weighted by atomic mass is 16.5. The lowest BCUT2D eigenvalue weighted by atomic mass is 10.1. The summed E-state index contributed by atoms with van der Waals surface area (Å²) in [7, 11) is 1.48. The number of aliphatic carboxylic acids is 1. The summed E-state index contributed by atoms with van der Waals surface area (Å²) in [6, 6.07) is 1.53. The van der Waals surface area contributed by atoms with Gasteiger partial charge in [0.05, 0.1) is 7.11 Å². The molecule has 2 N–H and O–H groups in total. The van der Waals surface area contributed by atoms with E-state index in [2.05, 4.69) is 15.3 Å². The van der Waals surface area contributed by atoms with Crippen LogP contribution in [-0.2, 0) is 4.79 Å². The van der Waals surface area contributed by atoms with Crippen molar-refractivity contribution in [2.45, 2.75) is 19.4 Å². The zero-order chi connectivity index (χ0) is 11.5. The van der Waals surface area contributed by atoms with Gasteiger partial charge < -0.3 is 15.2 Å². The molecule has 0 bridgehead atoms. The van der Waals surface area contributed by atoms with Crippen LogP contribution in [0, 0.1) is 0 Å². The molecule has 1 rings (SSSR count). The number of hydrogen-bond acceptors (Lipinski definition) is 5. The standard InChI is InChI=1S/C9H13N3O3/c1-9(2,8(13)14)12-6-4-7(15-3)11-5-10-6/h4-5H,1-3H3,(H,13,14)(H,10,11,12). The molecule has 0 atom stereocenters. The fraction of sp³-hybridized carbons (Fsp3) is 0.444. The molecule has 0 aliphatic rings. The van der Waals surface area contributed by atoms with Crippen LogP contribution in [0.5, 0.6) is 5.88 Å². The van der Waals surface area contributed by atoms with Gasteiger partial charge in [0.2, 0.25) is 5.88 Å². The topological polar surface area (TPSA) is 84.3 Å². The summed E-state index contributed by atoms with van der Waals surface area (Å²) in [4.78, 5) is 18.5. The zero-order valence-corrected chi connectivity index (χ0v) is 8.81. The number of methoxy groups -OCH3 is 1. The van der Waals surface area contributed by atoms with Crippen LogP contribution < -0.4 is 10.1 Å². The largest absolute Gasteiger partial charge is 0.481 e. The summed E-state index contributed by atoms with van der Waals surface area (Å²) >= 11 is 0. The van der Waals surface area contributed by atoms with Crippen molar-refractivity contribution in [3.05, 3.63) is 12.4 Å². The highest BCUT2D eigenvalue weighted by molar-refractivity contribution is 5.81. The highest BCUT2D eigenvalue weighted by Gasteiger charge is 2.27. The van der Waals surface area contributed by atoms with Gasteiger partial charge in [-0.2, -0.15) is 0 Å². The van der Waals surface area contributed by atoms with Crippen molar-refractivity contribution in [2.24, 2.45) is 0 Å². The third-order valence-electron chi connectivity index (χ3n) is 1.83. The van der Waals surface area contributed by atoms with E-state index in [4.69, 9.17) is 9.84 Å². The molecular formula is C9H13N3O3. The molecule has 0 saturated carbocycles. The molecule has 0 spiro atoms. The van der Waals surface area contributed by atoms with Crippen LogP contribution >= 0.6 is 0 Å². The summed E-state index contributed by atoms with van der Waals surface area (Å²) in [5, 5.41) is 11.7. The van der Waals surface area contributed by atoms with E-state index < -0.39 is 11.5 Å². The van der Waals surface area contributed by atoms with E-state index in [1.54, 1.807) is 13.8 Å². The minimum absolute atomic E-state index is 0.383. The average molecular weight is 211 g/mol. The average Bonchev–Trinajstić information content (AvgIpc) is 2.17. The second-order valence-corrected chi connectivity index (χ2v) is 3.50. The Bertz CT molecular complexity index is 365. The smallest absolute Gasteiger partial charge is 0.328 e. The van der Waals surface area contributed by atoms with Crippen molar-refractivity contribution >= 4 is 11.8 Å². The second kappa shape index (κ2) is 4.12. The third-order valence-corrected chi connectivity index (χ3v) is 1.83. The molecule has 0 amide bonds. The van der Waals surface area contributed by atoms with Crippen molar-refractivity contribution in [3.63, 3.8) is 0 Å². The number of hydrogen-bond donors (Lipinski definition) is 2. The fourth-order valence-electron chi connectivity index (χ4n) is 0.893. The molecule has 6 nitrogen and oxygen atoms in total. The highest BCUT2D eigenvalue weighted by Crippen LogP contribution is 2.15. The van der Waals surface area contributed by atoms with Crippen LogP contribution in [0.25, 0.3) is 0 Å². The van der Waals surface area contributed by atoms with E-state index in [0.717, 1.165) is 0 Å². The van der Waals surface area contributed by atoms with Crippen LogP contribution in [0.4, 0.5) is 5.82 Å². The molecule has 1 heterocycles. The molecule has 82 valence electrons. The molecule has 0 radical (unpaired) electrons. The normalized spacial score (nSPS) is 10.9. The SMILES string of the molecule is COc1cc(NC(C)(C)C(=O)O)ncn1. The lowest BCUT2D eigenvalue weighted by Crippen LogP contribution is -2.40. The predicted molar refractivity (Wildman–Crippen MR) is 53.9 cm³/mol. The Morgan fingerprint density at radius 1 is 1.53 bits per heavy atom. The first-order valence-electron chi connectivity index (χ1n) is 4.33. The van der Waals surface area contributed by atoms with Crippen molar-refractivity contribution in [1.82, 2.24) is 9.97 Å². The summed E-state index contributed by atoms with van der Waals surface area (Å²) in [5.41, 5.74) is -1.08. The lowest BCUT2D eigenvalue weighted by Gasteiger charge is -2.21. The van der Waals surface area contributed by atoms with Crippen molar-refractivity contribution in [3.8, 4) is 5.88 Å². The summed E-state index contributed by atoms with van der Waals surface area (Å²) in [6.07, 6.45) is 1.30. The first-order chi connectivity index (χ1) is 6.95. The maximum atomic E-state index is 10.8. The van der Waals surface area contributed by atoms with Crippen LogP contribution in [0.15, 0.2) is 12.4 Å². The number of carbonyl (C=O) groups is 1. The van der Waals surface area contributed by atoms with Gasteiger partial charge in [-0.15, -0.1) is 0 Å². The van der Waals surface area contributed by atoms with Gasteiger partial charge >= 0.3 is 5.97 Å². The summed E-state index contributed by atoms with van der Waals surface area (Å²) in [6.45, 7) is 3.09. The molecular weight excluding hydrogens is 198 g/mol. The molecule has 0 unspecified atom stereocenters. The number of ether oxygens (including phenoxy) is 1. The first-order valence-corrected chi connectivity index (χ1v) is 4.33. The van der Waals surface area contributed by atoms with E-state index in [0.29, 0.717) is 11.7 Å². The Morgan fingerprint density at radius 3 is 2.73 bits per heavy atom. The quantitative estimate of drug-likeness (QED) is 0.764. The number of carboxylic acid groups (broad SMARTS) is 1. The minimum atomic E-state index is -1.08. The van der Waals surface area contributed by atoms with Gasteiger partial charge in [-0.1, -0.05) is 0 Å². The Balaban J connectivity index is 2.85. The van der Waals surface area contributed by atoms with Crippen LogP contribution in [0.1, 0.15) is 13.8 Å². The van der Waals surface area contributed by atoms with Crippen LogP contribution in [0.3, 0.4) is 0 Å². The number of rotatable bonds is 4. The van der Waals surface area contributed by atoms with Crippen molar-refractivity contribution in [1.29, 1.82) is 0 Å². The van der Waals surface area contributed by atoms with Crippen molar-refractivity contribution < 1.29 is 14.6 Å². The van der Waals surface area contributed by atoms with E-state index in [-0.39, 0.29) is 0 Å². The molecule has 0 aliphatic carbocycles. The Hall–Kier alpha value is -1.85. The number of nitrogens with zero attached hydrogens (tertiary/aromatic N) is 2. The van der Waals surface area contributed by atoms with E-state index >= 15 is 0 Å². The number of nitrogens with one attached hydrogen (secondary N) is 1. The molecule has 0 aliphatic heterocycles. The lowest BCUT2D eigenvalue weighted by molar-refractivity contribution is -0.141. The molecule has 0 aromatic carbocycles. The monoisotopic (exact) mass is 211 g/mol. The van der Waals surface area contributed by atoms with E-state index in [9.17, 15) is 4.79 Å². The molecule has 1 aromatic rings. The van der Waals surface area contributed by atoms with Gasteiger partial charge in [0, 0.05) is 6.07 Å². The molecule has 0 saturated heterocycles. The van der Waals surface area contributed by atoms with Crippen molar-refractivity contribution in [2.75, 3.05) is 12.4 Å². The summed E-state index contributed by atoms with van der Waals surface area (Å²) in [5.74, 6) is -0.164. The van der Waals surface area contributed by atoms with Crippen LogP contribution in [-0.4, -0.2) is 33.7 Å². The predicted octanol–water partition coefficient (Wildman–Crippen LogP) is 0.760. The number of anilines is 1. The van der Waals surface area contributed by atoms with Gasteiger partial charge in [-0.3, -0.25) is 0 Å². The Kier molecular flexibility index (Phi) is 3.08. The molecule has 15 heavy (non-hydrogen) atoms. The summed E-state index contributed by atoms with van der Waals surface area (Å²) < 4.78 is 4.89. The third kappa shape index (κ3) is 2.80. The van der Waals surface area contributed by atoms with Gasteiger partial charge in [-0.05, 0) is 13.8 Å². The first kappa shape index (κ1) is 11.2. The van der Waals surface area contributed by atoms with Crippen LogP contribution in [0.2, 0.25) is 0 Å². The van der Waals surface area contributed by atoms with Gasteiger partial charge in [-0.25, -0.2) is 14.8 Å². The molecule has 0 fully saturated rings. The Morgan fingerprint density at radius 2 is 2.20 bits per heavy atom. The van der Waals surface area contributed by atoms with Gasteiger partial charge in [0.1, 0.15) is 17.7 Å². The Labute approximate surface area is 87.3 Å².